The Balaban J connectivity index is 1.57. The summed E-state index contributed by atoms with van der Waals surface area (Å²) in [4.78, 5) is 14.7. The van der Waals surface area contributed by atoms with Crippen molar-refractivity contribution >= 4 is 23.4 Å². The minimum absolute atomic E-state index is 0.0234. The van der Waals surface area contributed by atoms with E-state index < -0.39 is 11.1 Å². The fraction of sp³-hybridized carbons (Fsp3) is 0.160. The first-order valence-corrected chi connectivity index (χ1v) is 11.3. The van der Waals surface area contributed by atoms with E-state index in [1.165, 1.54) is 17.8 Å². The summed E-state index contributed by atoms with van der Waals surface area (Å²) in [7, 11) is 1.75. The summed E-state index contributed by atoms with van der Waals surface area (Å²) >= 11 is 1.31. The molecule has 1 atom stereocenters. The van der Waals surface area contributed by atoms with Crippen LogP contribution in [0.25, 0.3) is 5.69 Å². The fourth-order valence-electron chi connectivity index (χ4n) is 3.27. The Bertz CT molecular complexity index is 1220. The van der Waals surface area contributed by atoms with Gasteiger partial charge in [-0.25, -0.2) is 4.39 Å². The number of para-hydroxylation sites is 3. The van der Waals surface area contributed by atoms with Crippen molar-refractivity contribution in [1.82, 2.24) is 14.8 Å². The summed E-state index contributed by atoms with van der Waals surface area (Å²) in [5.41, 5.74) is 1.65. The van der Waals surface area contributed by atoms with E-state index in [-0.39, 0.29) is 18.3 Å². The van der Waals surface area contributed by atoms with Crippen molar-refractivity contribution in [3.05, 3.63) is 96.6 Å². The Kier molecular flexibility index (Phi) is 7.04. The van der Waals surface area contributed by atoms with Crippen LogP contribution in [0.4, 0.5) is 10.1 Å². The third-order valence-corrected chi connectivity index (χ3v) is 6.04. The lowest BCUT2D eigenvalue weighted by atomic mass is 10.3. The van der Waals surface area contributed by atoms with Crippen LogP contribution in [0.1, 0.15) is 12.7 Å². The summed E-state index contributed by atoms with van der Waals surface area (Å²) in [6.07, 6.45) is 0. The molecule has 0 spiro atoms. The quantitative estimate of drug-likeness (QED) is 0.340. The maximum atomic E-state index is 14.0. The van der Waals surface area contributed by atoms with Gasteiger partial charge in [0.1, 0.15) is 6.61 Å². The molecular formula is C25H23FN4O2S. The second-order valence-corrected chi connectivity index (χ2v) is 8.59. The summed E-state index contributed by atoms with van der Waals surface area (Å²) < 4.78 is 21.5. The Labute approximate surface area is 196 Å². The lowest BCUT2D eigenvalue weighted by Gasteiger charge is -2.21. The molecule has 3 aromatic carbocycles. The van der Waals surface area contributed by atoms with Crippen molar-refractivity contribution in [2.45, 2.75) is 23.9 Å². The highest BCUT2D eigenvalue weighted by atomic mass is 32.2. The molecule has 1 aromatic heterocycles. The van der Waals surface area contributed by atoms with Crippen LogP contribution in [0, 0.1) is 5.82 Å². The van der Waals surface area contributed by atoms with E-state index in [9.17, 15) is 9.18 Å². The van der Waals surface area contributed by atoms with Gasteiger partial charge in [0.15, 0.2) is 22.5 Å². The molecule has 0 fully saturated rings. The number of hydrogen-bond acceptors (Lipinski definition) is 5. The van der Waals surface area contributed by atoms with Gasteiger partial charge in [-0.3, -0.25) is 9.36 Å². The molecule has 0 aliphatic heterocycles. The second-order valence-electron chi connectivity index (χ2n) is 7.28. The van der Waals surface area contributed by atoms with Crippen LogP contribution in [0.2, 0.25) is 0 Å². The van der Waals surface area contributed by atoms with Crippen molar-refractivity contribution < 1.29 is 13.9 Å². The zero-order valence-corrected chi connectivity index (χ0v) is 19.1. The Morgan fingerprint density at radius 2 is 1.64 bits per heavy atom. The van der Waals surface area contributed by atoms with E-state index in [0.29, 0.717) is 11.0 Å². The van der Waals surface area contributed by atoms with Crippen LogP contribution in [-0.2, 0) is 11.4 Å². The molecule has 0 bridgehead atoms. The first-order chi connectivity index (χ1) is 16.0. The van der Waals surface area contributed by atoms with Crippen molar-refractivity contribution in [3.8, 4) is 11.4 Å². The topological polar surface area (TPSA) is 60.3 Å². The standard InChI is InChI=1S/C25H23FN4O2S/c1-18(24(31)29(2)19-11-5-3-6-12-19)33-25-28-27-23(30(25)20-13-7-4-8-14-20)17-32-22-16-10-9-15-21(22)26/h3-16,18H,17H2,1-2H3. The second kappa shape index (κ2) is 10.3. The number of hydrogen-bond donors (Lipinski definition) is 0. The molecule has 1 heterocycles. The van der Waals surface area contributed by atoms with Gasteiger partial charge in [-0.05, 0) is 43.3 Å². The lowest BCUT2D eigenvalue weighted by molar-refractivity contribution is -0.117. The summed E-state index contributed by atoms with van der Waals surface area (Å²) in [5.74, 6) is 0.143. The molecule has 0 aliphatic rings. The van der Waals surface area contributed by atoms with E-state index >= 15 is 0 Å². The van der Waals surface area contributed by atoms with Crippen LogP contribution in [0.3, 0.4) is 0 Å². The van der Waals surface area contributed by atoms with Gasteiger partial charge in [0.25, 0.3) is 0 Å². The minimum atomic E-state index is -0.443. The maximum absolute atomic E-state index is 14.0. The Morgan fingerprint density at radius 1 is 1.00 bits per heavy atom. The van der Waals surface area contributed by atoms with Crippen molar-refractivity contribution in [2.24, 2.45) is 0 Å². The molecule has 4 rings (SSSR count). The van der Waals surface area contributed by atoms with Crippen molar-refractivity contribution in [1.29, 1.82) is 0 Å². The molecule has 0 N–H and O–H groups in total. The molecule has 0 saturated carbocycles. The Morgan fingerprint density at radius 3 is 2.33 bits per heavy atom. The average molecular weight is 463 g/mol. The molecule has 33 heavy (non-hydrogen) atoms. The van der Waals surface area contributed by atoms with E-state index in [0.717, 1.165) is 11.4 Å². The third-order valence-electron chi connectivity index (χ3n) is 5.01. The van der Waals surface area contributed by atoms with Crippen LogP contribution in [-0.4, -0.2) is 33.0 Å². The SMILES string of the molecule is CC(Sc1nnc(COc2ccccc2F)n1-c1ccccc1)C(=O)N(C)c1ccccc1. The van der Waals surface area contributed by atoms with Crippen LogP contribution in [0.15, 0.2) is 90.1 Å². The molecular weight excluding hydrogens is 439 g/mol. The monoisotopic (exact) mass is 462 g/mol. The molecule has 0 saturated heterocycles. The number of thioether (sulfide) groups is 1. The largest absolute Gasteiger partial charge is 0.483 e. The van der Waals surface area contributed by atoms with Crippen molar-refractivity contribution in [3.63, 3.8) is 0 Å². The van der Waals surface area contributed by atoms with Gasteiger partial charge in [-0.1, -0.05) is 60.3 Å². The number of carbonyl (C=O) groups excluding carboxylic acids is 1. The fourth-order valence-corrected chi connectivity index (χ4v) is 4.25. The van der Waals surface area contributed by atoms with E-state index in [2.05, 4.69) is 10.2 Å². The van der Waals surface area contributed by atoms with E-state index in [4.69, 9.17) is 4.74 Å². The third kappa shape index (κ3) is 5.23. The molecule has 6 nitrogen and oxygen atoms in total. The number of nitrogens with zero attached hydrogens (tertiary/aromatic N) is 4. The number of ether oxygens (including phenoxy) is 1. The maximum Gasteiger partial charge on any atom is 0.240 e. The molecule has 1 unspecified atom stereocenters. The Hall–Kier alpha value is -3.65. The predicted molar refractivity (Wildman–Crippen MR) is 127 cm³/mol. The summed E-state index contributed by atoms with van der Waals surface area (Å²) in [5, 5.41) is 8.72. The van der Waals surface area contributed by atoms with Crippen molar-refractivity contribution in [2.75, 3.05) is 11.9 Å². The highest BCUT2D eigenvalue weighted by molar-refractivity contribution is 8.00. The lowest BCUT2D eigenvalue weighted by Crippen LogP contribution is -2.33. The molecule has 0 aliphatic carbocycles. The molecule has 0 radical (unpaired) electrons. The average Bonchev–Trinajstić information content (AvgIpc) is 3.25. The van der Waals surface area contributed by atoms with E-state index in [1.807, 2.05) is 72.2 Å². The van der Waals surface area contributed by atoms with Gasteiger partial charge in [0.2, 0.25) is 5.91 Å². The number of benzene rings is 3. The normalized spacial score (nSPS) is 11.7. The number of rotatable bonds is 8. The van der Waals surface area contributed by atoms with Gasteiger partial charge >= 0.3 is 0 Å². The number of halogens is 1. The highest BCUT2D eigenvalue weighted by Gasteiger charge is 2.24. The number of anilines is 1. The molecule has 1 amide bonds. The predicted octanol–water partition coefficient (Wildman–Crippen LogP) is 5.13. The first-order valence-electron chi connectivity index (χ1n) is 10.4. The summed E-state index contributed by atoms with van der Waals surface area (Å²) in [6.45, 7) is 1.86. The van der Waals surface area contributed by atoms with Gasteiger partial charge < -0.3 is 9.64 Å². The van der Waals surface area contributed by atoms with Gasteiger partial charge in [-0.15, -0.1) is 10.2 Å². The first kappa shape index (κ1) is 22.5. The molecule has 8 heteroatoms. The minimum Gasteiger partial charge on any atom is -0.483 e. The zero-order chi connectivity index (χ0) is 23.2. The van der Waals surface area contributed by atoms with E-state index in [1.54, 1.807) is 30.1 Å². The van der Waals surface area contributed by atoms with Gasteiger partial charge in [0, 0.05) is 18.4 Å². The van der Waals surface area contributed by atoms with Gasteiger partial charge in [-0.2, -0.15) is 0 Å². The highest BCUT2D eigenvalue weighted by Crippen LogP contribution is 2.28. The number of carbonyl (C=O) groups is 1. The van der Waals surface area contributed by atoms with Gasteiger partial charge in [0.05, 0.1) is 5.25 Å². The smallest absolute Gasteiger partial charge is 0.240 e. The summed E-state index contributed by atoms with van der Waals surface area (Å²) in [6, 6.07) is 25.3. The number of amides is 1. The van der Waals surface area contributed by atoms with Crippen LogP contribution < -0.4 is 9.64 Å². The molecule has 168 valence electrons. The zero-order valence-electron chi connectivity index (χ0n) is 18.3. The van der Waals surface area contributed by atoms with Crippen LogP contribution in [0.5, 0.6) is 5.75 Å². The van der Waals surface area contributed by atoms with Crippen LogP contribution >= 0.6 is 11.8 Å². The number of aromatic nitrogens is 3. The molecule has 4 aromatic rings.